The molecule has 0 amide bonds. The van der Waals surface area contributed by atoms with Crippen molar-refractivity contribution in [2.24, 2.45) is 0 Å². The Hall–Kier alpha value is -1.73. The van der Waals surface area contributed by atoms with Gasteiger partial charge in [-0.15, -0.1) is 0 Å². The maximum Gasteiger partial charge on any atom is 0.213 e. The number of hydrogen-bond acceptors (Lipinski definition) is 4. The Morgan fingerprint density at radius 2 is 1.62 bits per heavy atom. The summed E-state index contributed by atoms with van der Waals surface area (Å²) < 4.78 is 26.8. The maximum atomic E-state index is 12.5. The first kappa shape index (κ1) is 20.5. The molecule has 0 bridgehead atoms. The van der Waals surface area contributed by atoms with E-state index in [1.807, 2.05) is 18.2 Å². The van der Waals surface area contributed by atoms with Crippen LogP contribution in [0, 0.1) is 0 Å². The maximum absolute atomic E-state index is 12.5. The lowest BCUT2D eigenvalue weighted by Crippen LogP contribution is -2.67. The van der Waals surface area contributed by atoms with Crippen molar-refractivity contribution in [2.75, 3.05) is 32.0 Å². The van der Waals surface area contributed by atoms with Crippen LogP contribution < -0.4 is 0 Å². The zero-order valence-electron chi connectivity index (χ0n) is 16.9. The highest BCUT2D eigenvalue weighted by Crippen LogP contribution is 2.42. The zero-order valence-corrected chi connectivity index (χ0v) is 17.8. The van der Waals surface area contributed by atoms with E-state index in [0.29, 0.717) is 13.1 Å². The summed E-state index contributed by atoms with van der Waals surface area (Å²) in [4.78, 5) is 2.31. The SMILES string of the molecule is CCS(=O)(=O)N1CCCCN2[C@H](C1)[C@H](c1ccc(-c3ccccc3)cc1)[C@@H]2CO. The molecule has 2 saturated heterocycles. The third-order valence-electron chi connectivity index (χ3n) is 6.49. The molecular formula is C23H30N2O3S. The van der Waals surface area contributed by atoms with Gasteiger partial charge in [0, 0.05) is 31.1 Å². The standard InChI is InChI=1S/C23H30N2O3S/c1-2-29(27,28)24-14-6-7-15-25-21(16-24)23(22(25)17-26)20-12-10-19(11-13-20)18-8-4-3-5-9-18/h3-5,8-13,21-23,26H,2,6-7,14-17H2,1H3/t21-,22+,23+/m1/s1. The molecule has 0 unspecified atom stereocenters. The molecule has 0 saturated carbocycles. The smallest absolute Gasteiger partial charge is 0.213 e. The van der Waals surface area contributed by atoms with Gasteiger partial charge in [-0.3, -0.25) is 4.90 Å². The van der Waals surface area contributed by atoms with E-state index in [9.17, 15) is 13.5 Å². The molecule has 4 rings (SSSR count). The molecule has 2 fully saturated rings. The Morgan fingerprint density at radius 1 is 0.966 bits per heavy atom. The predicted molar refractivity (Wildman–Crippen MR) is 116 cm³/mol. The van der Waals surface area contributed by atoms with Crippen LogP contribution in [0.5, 0.6) is 0 Å². The van der Waals surface area contributed by atoms with Crippen molar-refractivity contribution in [3.63, 3.8) is 0 Å². The summed E-state index contributed by atoms with van der Waals surface area (Å²) in [7, 11) is -3.21. The normalized spacial score (nSPS) is 26.2. The minimum atomic E-state index is -3.21. The molecule has 0 aliphatic carbocycles. The first-order valence-corrected chi connectivity index (χ1v) is 12.2. The van der Waals surface area contributed by atoms with Crippen LogP contribution in [0.15, 0.2) is 54.6 Å². The van der Waals surface area contributed by atoms with E-state index in [0.717, 1.165) is 19.4 Å². The van der Waals surface area contributed by atoms with Crippen molar-refractivity contribution < 1.29 is 13.5 Å². The summed E-state index contributed by atoms with van der Waals surface area (Å²) in [5, 5.41) is 10.0. The lowest BCUT2D eigenvalue weighted by atomic mass is 9.74. The van der Waals surface area contributed by atoms with Gasteiger partial charge in [0.1, 0.15) is 0 Å². The molecular weight excluding hydrogens is 384 g/mol. The van der Waals surface area contributed by atoms with Crippen LogP contribution in [0.4, 0.5) is 0 Å². The number of fused-ring (bicyclic) bond motifs is 1. The first-order chi connectivity index (χ1) is 14.0. The fourth-order valence-corrected chi connectivity index (χ4v) is 6.02. The van der Waals surface area contributed by atoms with E-state index >= 15 is 0 Å². The Kier molecular flexibility index (Phi) is 6.06. The van der Waals surface area contributed by atoms with Crippen molar-refractivity contribution in [1.29, 1.82) is 0 Å². The van der Waals surface area contributed by atoms with Crippen molar-refractivity contribution >= 4 is 10.0 Å². The van der Waals surface area contributed by atoms with Crippen LogP contribution >= 0.6 is 0 Å². The molecule has 2 aliphatic rings. The molecule has 5 nitrogen and oxygen atoms in total. The lowest BCUT2D eigenvalue weighted by Gasteiger charge is -2.57. The number of aliphatic hydroxyl groups is 1. The third kappa shape index (κ3) is 3.99. The minimum Gasteiger partial charge on any atom is -0.395 e. The fraction of sp³-hybridized carbons (Fsp3) is 0.478. The molecule has 6 heteroatoms. The number of aliphatic hydroxyl groups excluding tert-OH is 1. The molecule has 2 heterocycles. The summed E-state index contributed by atoms with van der Waals surface area (Å²) in [5.74, 6) is 0.289. The Balaban J connectivity index is 1.60. The summed E-state index contributed by atoms with van der Waals surface area (Å²) in [6, 6.07) is 19.0. The lowest BCUT2D eigenvalue weighted by molar-refractivity contribution is -0.0553. The number of rotatable bonds is 5. The van der Waals surface area contributed by atoms with Gasteiger partial charge in [0.2, 0.25) is 10.0 Å². The summed E-state index contributed by atoms with van der Waals surface area (Å²) in [6.07, 6.45) is 1.83. The van der Waals surface area contributed by atoms with Gasteiger partial charge in [-0.05, 0) is 43.0 Å². The molecule has 2 aromatic carbocycles. The highest BCUT2D eigenvalue weighted by molar-refractivity contribution is 7.89. The number of nitrogens with zero attached hydrogens (tertiary/aromatic N) is 2. The van der Waals surface area contributed by atoms with Gasteiger partial charge in [0.05, 0.1) is 12.4 Å². The summed E-state index contributed by atoms with van der Waals surface area (Å²) in [5.41, 5.74) is 3.53. The second-order valence-corrected chi connectivity index (χ2v) is 10.3. The summed E-state index contributed by atoms with van der Waals surface area (Å²) >= 11 is 0. The van der Waals surface area contributed by atoms with Crippen LogP contribution in [0.1, 0.15) is 31.2 Å². The Bertz CT molecular complexity index is 915. The van der Waals surface area contributed by atoms with Crippen LogP contribution in [-0.2, 0) is 10.0 Å². The molecule has 3 atom stereocenters. The predicted octanol–water partition coefficient (Wildman–Crippen LogP) is 2.93. The second kappa shape index (κ2) is 8.56. The molecule has 0 spiro atoms. The van der Waals surface area contributed by atoms with E-state index < -0.39 is 10.0 Å². The van der Waals surface area contributed by atoms with Crippen LogP contribution in [0.25, 0.3) is 11.1 Å². The number of benzene rings is 2. The van der Waals surface area contributed by atoms with E-state index in [-0.39, 0.29) is 30.4 Å². The molecule has 2 aliphatic heterocycles. The van der Waals surface area contributed by atoms with E-state index in [2.05, 4.69) is 41.3 Å². The fourth-order valence-electron chi connectivity index (χ4n) is 4.87. The Morgan fingerprint density at radius 3 is 2.28 bits per heavy atom. The third-order valence-corrected chi connectivity index (χ3v) is 8.34. The van der Waals surface area contributed by atoms with Crippen LogP contribution in [0.2, 0.25) is 0 Å². The largest absolute Gasteiger partial charge is 0.395 e. The van der Waals surface area contributed by atoms with Gasteiger partial charge >= 0.3 is 0 Å². The molecule has 2 aromatic rings. The number of hydrogen-bond donors (Lipinski definition) is 1. The van der Waals surface area contributed by atoms with Gasteiger partial charge in [-0.2, -0.15) is 0 Å². The van der Waals surface area contributed by atoms with E-state index in [1.54, 1.807) is 11.2 Å². The van der Waals surface area contributed by atoms with Gasteiger partial charge in [0.25, 0.3) is 0 Å². The molecule has 29 heavy (non-hydrogen) atoms. The van der Waals surface area contributed by atoms with Crippen LogP contribution in [-0.4, -0.2) is 66.8 Å². The zero-order chi connectivity index (χ0) is 20.4. The molecule has 0 radical (unpaired) electrons. The van der Waals surface area contributed by atoms with Crippen LogP contribution in [0.3, 0.4) is 0 Å². The van der Waals surface area contributed by atoms with Crippen molar-refractivity contribution in [3.05, 3.63) is 60.2 Å². The van der Waals surface area contributed by atoms with E-state index in [1.165, 1.54) is 16.7 Å². The number of sulfonamides is 1. The monoisotopic (exact) mass is 414 g/mol. The Labute approximate surface area is 174 Å². The van der Waals surface area contributed by atoms with Gasteiger partial charge in [-0.25, -0.2) is 12.7 Å². The van der Waals surface area contributed by atoms with Crippen molar-refractivity contribution in [3.8, 4) is 11.1 Å². The first-order valence-electron chi connectivity index (χ1n) is 10.5. The van der Waals surface area contributed by atoms with Crippen molar-refractivity contribution in [1.82, 2.24) is 9.21 Å². The summed E-state index contributed by atoms with van der Waals surface area (Å²) in [6.45, 7) is 3.85. The molecule has 0 aromatic heterocycles. The second-order valence-electron chi connectivity index (χ2n) is 8.03. The van der Waals surface area contributed by atoms with Gasteiger partial charge in [-0.1, -0.05) is 54.6 Å². The average Bonchev–Trinajstić information content (AvgIpc) is 2.73. The highest BCUT2D eigenvalue weighted by atomic mass is 32.2. The molecule has 156 valence electrons. The minimum absolute atomic E-state index is 0.0619. The quantitative estimate of drug-likeness (QED) is 0.817. The van der Waals surface area contributed by atoms with Crippen molar-refractivity contribution in [2.45, 2.75) is 37.8 Å². The van der Waals surface area contributed by atoms with Gasteiger partial charge in [0.15, 0.2) is 0 Å². The average molecular weight is 415 g/mol. The topological polar surface area (TPSA) is 60.9 Å². The van der Waals surface area contributed by atoms with Gasteiger partial charge < -0.3 is 5.11 Å². The molecule has 1 N–H and O–H groups in total. The highest BCUT2D eigenvalue weighted by Gasteiger charge is 2.49. The van der Waals surface area contributed by atoms with E-state index in [4.69, 9.17) is 0 Å².